The average molecular weight is 391 g/mol. The number of aromatic amines is 1. The lowest BCUT2D eigenvalue weighted by atomic mass is 10.2. The van der Waals surface area contributed by atoms with E-state index in [0.717, 1.165) is 28.6 Å². The van der Waals surface area contributed by atoms with Crippen LogP contribution in [0, 0.1) is 6.92 Å². The van der Waals surface area contributed by atoms with Crippen molar-refractivity contribution in [3.63, 3.8) is 0 Å². The zero-order valence-electron chi connectivity index (χ0n) is 16.2. The van der Waals surface area contributed by atoms with Crippen molar-refractivity contribution in [2.24, 2.45) is 0 Å². The van der Waals surface area contributed by atoms with Crippen LogP contribution in [0.25, 0.3) is 17.2 Å². The predicted octanol–water partition coefficient (Wildman–Crippen LogP) is 1.66. The van der Waals surface area contributed by atoms with Crippen LogP contribution < -0.4 is 16.2 Å². The van der Waals surface area contributed by atoms with E-state index in [4.69, 9.17) is 0 Å². The third kappa shape index (κ3) is 4.21. The van der Waals surface area contributed by atoms with Gasteiger partial charge in [-0.3, -0.25) is 4.79 Å². The Bertz CT molecular complexity index is 1180. The molecule has 0 fully saturated rings. The Morgan fingerprint density at radius 3 is 2.76 bits per heavy atom. The Labute approximate surface area is 166 Å². The molecule has 0 radical (unpaired) electrons. The van der Waals surface area contributed by atoms with Crippen LogP contribution in [-0.4, -0.2) is 47.6 Å². The highest BCUT2D eigenvalue weighted by Gasteiger charge is 2.06. The molecule has 10 heteroatoms. The van der Waals surface area contributed by atoms with E-state index < -0.39 is 0 Å². The van der Waals surface area contributed by atoms with Gasteiger partial charge in [0.1, 0.15) is 23.8 Å². The molecule has 0 atom stereocenters. The van der Waals surface area contributed by atoms with Crippen molar-refractivity contribution >= 4 is 17.4 Å². The SMILES string of the molecule is CCc1cc(=O)[nH]c(-c2ccc(NCCNc3cc(C)nc4ncnn34)nc2)n1. The highest BCUT2D eigenvalue weighted by Crippen LogP contribution is 2.15. The fraction of sp³-hybridized carbons (Fsp3) is 0.263. The van der Waals surface area contributed by atoms with Crippen LogP contribution in [0.4, 0.5) is 11.6 Å². The number of aryl methyl sites for hydroxylation is 2. The van der Waals surface area contributed by atoms with Crippen molar-refractivity contribution < 1.29 is 0 Å². The van der Waals surface area contributed by atoms with Crippen LogP contribution in [0.1, 0.15) is 18.3 Å². The van der Waals surface area contributed by atoms with Gasteiger partial charge in [0, 0.05) is 48.4 Å². The largest absolute Gasteiger partial charge is 0.368 e. The Hall–Kier alpha value is -3.82. The van der Waals surface area contributed by atoms with Gasteiger partial charge >= 0.3 is 0 Å². The van der Waals surface area contributed by atoms with Crippen LogP contribution in [-0.2, 0) is 6.42 Å². The lowest BCUT2D eigenvalue weighted by Gasteiger charge is -2.10. The number of hydrogen-bond acceptors (Lipinski definition) is 8. The quantitative estimate of drug-likeness (QED) is 0.406. The maximum Gasteiger partial charge on any atom is 0.254 e. The van der Waals surface area contributed by atoms with Gasteiger partial charge in [-0.25, -0.2) is 15.0 Å². The van der Waals surface area contributed by atoms with Gasteiger partial charge in [-0.05, 0) is 25.5 Å². The van der Waals surface area contributed by atoms with Crippen LogP contribution in [0.15, 0.2) is 41.6 Å². The minimum absolute atomic E-state index is 0.159. The molecule has 0 aliphatic heterocycles. The number of fused-ring (bicyclic) bond motifs is 1. The molecule has 4 aromatic heterocycles. The van der Waals surface area contributed by atoms with Crippen molar-refractivity contribution in [2.75, 3.05) is 23.7 Å². The summed E-state index contributed by atoms with van der Waals surface area (Å²) < 4.78 is 1.66. The van der Waals surface area contributed by atoms with Crippen molar-refractivity contribution in [1.82, 2.24) is 34.5 Å². The lowest BCUT2D eigenvalue weighted by molar-refractivity contribution is 0.914. The van der Waals surface area contributed by atoms with E-state index in [1.54, 1.807) is 10.7 Å². The second-order valence-electron chi connectivity index (χ2n) is 6.48. The first-order valence-electron chi connectivity index (χ1n) is 9.34. The summed E-state index contributed by atoms with van der Waals surface area (Å²) >= 11 is 0. The molecule has 4 heterocycles. The number of nitrogens with zero attached hydrogens (tertiary/aromatic N) is 6. The third-order valence-corrected chi connectivity index (χ3v) is 4.31. The van der Waals surface area contributed by atoms with Gasteiger partial charge in [-0.1, -0.05) is 6.92 Å². The number of rotatable bonds is 7. The number of H-pyrrole nitrogens is 1. The smallest absolute Gasteiger partial charge is 0.254 e. The first-order chi connectivity index (χ1) is 14.1. The van der Waals surface area contributed by atoms with Crippen molar-refractivity contribution in [1.29, 1.82) is 0 Å². The highest BCUT2D eigenvalue weighted by atomic mass is 16.1. The van der Waals surface area contributed by atoms with Gasteiger partial charge in [0.15, 0.2) is 0 Å². The molecule has 4 rings (SSSR count). The van der Waals surface area contributed by atoms with Gasteiger partial charge in [0.05, 0.1) is 0 Å². The Morgan fingerprint density at radius 2 is 1.97 bits per heavy atom. The van der Waals surface area contributed by atoms with Crippen molar-refractivity contribution in [2.45, 2.75) is 20.3 Å². The summed E-state index contributed by atoms with van der Waals surface area (Å²) in [6.45, 7) is 5.20. The molecule has 0 bridgehead atoms. The number of pyridine rings is 1. The van der Waals surface area contributed by atoms with Crippen molar-refractivity contribution in [3.05, 3.63) is 58.5 Å². The topological polar surface area (TPSA) is 126 Å². The zero-order chi connectivity index (χ0) is 20.2. The molecule has 0 amide bonds. The fourth-order valence-corrected chi connectivity index (χ4v) is 2.90. The Morgan fingerprint density at radius 1 is 1.10 bits per heavy atom. The maximum absolute atomic E-state index is 11.7. The molecule has 4 aromatic rings. The molecular weight excluding hydrogens is 370 g/mol. The molecule has 0 aromatic carbocycles. The van der Waals surface area contributed by atoms with Gasteiger partial charge in [0.25, 0.3) is 11.3 Å². The summed E-state index contributed by atoms with van der Waals surface area (Å²) in [7, 11) is 0. The Balaban J connectivity index is 1.36. The van der Waals surface area contributed by atoms with Crippen LogP contribution >= 0.6 is 0 Å². The van der Waals surface area contributed by atoms with Gasteiger partial charge in [-0.15, -0.1) is 0 Å². The predicted molar refractivity (Wildman–Crippen MR) is 110 cm³/mol. The van der Waals surface area contributed by atoms with Gasteiger partial charge < -0.3 is 15.6 Å². The van der Waals surface area contributed by atoms with Gasteiger partial charge in [-0.2, -0.15) is 14.6 Å². The molecule has 0 spiro atoms. The van der Waals surface area contributed by atoms with Crippen LogP contribution in [0.3, 0.4) is 0 Å². The second kappa shape index (κ2) is 8.05. The maximum atomic E-state index is 11.7. The van der Waals surface area contributed by atoms with Crippen LogP contribution in [0.2, 0.25) is 0 Å². The summed E-state index contributed by atoms with van der Waals surface area (Å²) in [4.78, 5) is 31.8. The van der Waals surface area contributed by atoms with Crippen LogP contribution in [0.5, 0.6) is 0 Å². The van der Waals surface area contributed by atoms with E-state index in [9.17, 15) is 4.79 Å². The first kappa shape index (κ1) is 18.5. The number of hydrogen-bond donors (Lipinski definition) is 3. The molecule has 29 heavy (non-hydrogen) atoms. The number of nitrogens with one attached hydrogen (secondary N) is 3. The lowest BCUT2D eigenvalue weighted by Crippen LogP contribution is -2.16. The number of anilines is 2. The van der Waals surface area contributed by atoms with E-state index in [0.29, 0.717) is 31.1 Å². The Kier molecular flexibility index (Phi) is 5.14. The molecule has 0 saturated heterocycles. The first-order valence-corrected chi connectivity index (χ1v) is 9.34. The van der Waals surface area contributed by atoms with E-state index in [-0.39, 0.29) is 5.56 Å². The molecule has 0 aliphatic rings. The summed E-state index contributed by atoms with van der Waals surface area (Å²) in [5.41, 5.74) is 2.23. The number of aromatic nitrogens is 7. The van der Waals surface area contributed by atoms with E-state index >= 15 is 0 Å². The second-order valence-corrected chi connectivity index (χ2v) is 6.48. The monoisotopic (exact) mass is 391 g/mol. The molecule has 0 unspecified atom stereocenters. The summed E-state index contributed by atoms with van der Waals surface area (Å²) in [6, 6.07) is 7.18. The highest BCUT2D eigenvalue weighted by molar-refractivity contribution is 5.56. The minimum Gasteiger partial charge on any atom is -0.368 e. The normalized spacial score (nSPS) is 11.0. The fourth-order valence-electron chi connectivity index (χ4n) is 2.90. The van der Waals surface area contributed by atoms with Crippen molar-refractivity contribution in [3.8, 4) is 11.4 Å². The average Bonchev–Trinajstić information content (AvgIpc) is 3.19. The zero-order valence-corrected chi connectivity index (χ0v) is 16.2. The molecule has 148 valence electrons. The van der Waals surface area contributed by atoms with E-state index in [1.165, 1.54) is 12.4 Å². The molecule has 0 saturated carbocycles. The standard InChI is InChI=1S/C19H21N9O/c1-3-14-9-17(29)27-18(26-14)13-4-5-15(22-10-13)20-6-7-21-16-8-12(2)25-19-23-11-24-28(16)19/h4-5,8-11,21H,3,6-7H2,1-2H3,(H,20,22)(H,26,27,29). The molecule has 3 N–H and O–H groups in total. The summed E-state index contributed by atoms with van der Waals surface area (Å²) in [5.74, 6) is 2.67. The molecular formula is C19H21N9O. The van der Waals surface area contributed by atoms with E-state index in [2.05, 4.69) is 40.7 Å². The summed E-state index contributed by atoms with van der Waals surface area (Å²) in [6.07, 6.45) is 3.88. The molecule has 10 nitrogen and oxygen atoms in total. The third-order valence-electron chi connectivity index (χ3n) is 4.31. The van der Waals surface area contributed by atoms with Gasteiger partial charge in [0.2, 0.25) is 0 Å². The van der Waals surface area contributed by atoms with E-state index in [1.807, 2.05) is 32.0 Å². The molecule has 0 aliphatic carbocycles. The minimum atomic E-state index is -0.159. The summed E-state index contributed by atoms with van der Waals surface area (Å²) in [5, 5.41) is 10.7.